The predicted molar refractivity (Wildman–Crippen MR) is 221 cm³/mol. The Bertz CT molecular complexity index is 2230. The van der Waals surface area contributed by atoms with Crippen molar-refractivity contribution in [1.82, 2.24) is 9.97 Å². The predicted octanol–water partition coefficient (Wildman–Crippen LogP) is 10.9. The summed E-state index contributed by atoms with van der Waals surface area (Å²) in [6.07, 6.45) is 3.99. The highest BCUT2D eigenvalue weighted by atomic mass is 16.5. The van der Waals surface area contributed by atoms with E-state index in [1.807, 2.05) is 62.6 Å². The molecule has 2 aromatic heterocycles. The van der Waals surface area contributed by atoms with Crippen LogP contribution in [0.1, 0.15) is 38.8 Å². The molecule has 53 heavy (non-hydrogen) atoms. The van der Waals surface area contributed by atoms with Crippen molar-refractivity contribution in [3.63, 3.8) is 0 Å². The lowest BCUT2D eigenvalue weighted by molar-refractivity contribution is -0.0893. The maximum atomic E-state index is 10.9. The lowest BCUT2D eigenvalue weighted by Gasteiger charge is -2.37. The largest absolute Gasteiger partial charge is 0.427 e. The van der Waals surface area contributed by atoms with Gasteiger partial charge in [0.15, 0.2) is 0 Å². The average Bonchev–Trinajstić information content (AvgIpc) is 3.17. The first-order valence-corrected chi connectivity index (χ1v) is 18.1. The molecule has 7 rings (SSSR count). The number of aliphatic hydroxyl groups is 1. The molecule has 0 fully saturated rings. The second-order valence-electron chi connectivity index (χ2n) is 14.7. The molecule has 0 aliphatic carbocycles. The summed E-state index contributed by atoms with van der Waals surface area (Å²) in [5.74, 6) is 0. The van der Waals surface area contributed by atoms with Gasteiger partial charge in [-0.1, -0.05) is 127 Å². The summed E-state index contributed by atoms with van der Waals surface area (Å²) >= 11 is 0. The van der Waals surface area contributed by atoms with Gasteiger partial charge in [0.05, 0.1) is 22.6 Å². The zero-order chi connectivity index (χ0) is 37.2. The van der Waals surface area contributed by atoms with Gasteiger partial charge in [-0.05, 0) is 104 Å². The van der Waals surface area contributed by atoms with Crippen molar-refractivity contribution in [2.75, 3.05) is 0 Å². The van der Waals surface area contributed by atoms with Crippen LogP contribution < -0.4 is 5.46 Å². The van der Waals surface area contributed by atoms with E-state index in [1.54, 1.807) is 21.3 Å². The third-order valence-electron chi connectivity index (χ3n) is 10.3. The number of aromatic nitrogens is 2. The van der Waals surface area contributed by atoms with E-state index < -0.39 is 11.2 Å². The summed E-state index contributed by atoms with van der Waals surface area (Å²) < 4.78 is 6.35. The number of rotatable bonds is 10. The van der Waals surface area contributed by atoms with Crippen LogP contribution in [0.5, 0.6) is 0 Å². The quantitative estimate of drug-likeness (QED) is 0.145. The van der Waals surface area contributed by atoms with Crippen LogP contribution in [-0.2, 0) is 4.65 Å². The van der Waals surface area contributed by atoms with E-state index in [0.29, 0.717) is 0 Å². The Labute approximate surface area is 314 Å². The number of pyridine rings is 2. The van der Waals surface area contributed by atoms with Crippen molar-refractivity contribution in [3.05, 3.63) is 163 Å². The topological polar surface area (TPSA) is 55.2 Å². The van der Waals surface area contributed by atoms with Gasteiger partial charge in [-0.2, -0.15) is 0 Å². The number of hydrogen-bond acceptors (Lipinski definition) is 4. The zero-order valence-corrected chi connectivity index (χ0v) is 31.3. The molecular weight excluding hydrogens is 647 g/mol. The average molecular weight is 692 g/mol. The molecule has 0 bridgehead atoms. The normalized spacial score (nSPS) is 11.8. The lowest BCUT2D eigenvalue weighted by atomic mass is 9.79. The van der Waals surface area contributed by atoms with E-state index in [-0.39, 0.29) is 0 Å². The smallest absolute Gasteiger partial charge is 0.330 e. The fourth-order valence-corrected chi connectivity index (χ4v) is 6.54. The fourth-order valence-electron chi connectivity index (χ4n) is 6.54. The third-order valence-corrected chi connectivity index (χ3v) is 10.3. The molecular formula is C48H44BN2O2. The molecule has 261 valence electrons. The molecule has 5 aromatic carbocycles. The molecule has 0 aliphatic heterocycles. The Morgan fingerprint density at radius 3 is 1.26 bits per heavy atom. The van der Waals surface area contributed by atoms with Gasteiger partial charge >= 0.3 is 7.48 Å². The molecule has 0 amide bonds. The summed E-state index contributed by atoms with van der Waals surface area (Å²) in [7, 11) is 1.78. The van der Waals surface area contributed by atoms with Crippen molar-refractivity contribution in [2.24, 2.45) is 0 Å². The van der Waals surface area contributed by atoms with E-state index in [2.05, 4.69) is 117 Å². The van der Waals surface area contributed by atoms with Crippen LogP contribution in [0.2, 0.25) is 0 Å². The van der Waals surface area contributed by atoms with E-state index in [0.717, 1.165) is 83.6 Å². The van der Waals surface area contributed by atoms with Crippen LogP contribution in [0.4, 0.5) is 0 Å². The molecule has 5 heteroatoms. The minimum Gasteiger partial charge on any atom is -0.427 e. The van der Waals surface area contributed by atoms with Crippen LogP contribution >= 0.6 is 0 Å². The van der Waals surface area contributed by atoms with Crippen LogP contribution in [0.25, 0.3) is 67.0 Å². The molecule has 2 heterocycles. The Balaban J connectivity index is 1.35. The van der Waals surface area contributed by atoms with Crippen molar-refractivity contribution in [1.29, 1.82) is 0 Å². The van der Waals surface area contributed by atoms with Gasteiger partial charge < -0.3 is 9.76 Å². The van der Waals surface area contributed by atoms with Gasteiger partial charge in [0, 0.05) is 34.6 Å². The number of hydrogen-bond donors (Lipinski definition) is 1. The maximum Gasteiger partial charge on any atom is 0.330 e. The SMILES string of the molecule is Cc1cc(-c2ccccc2)ncc1-c1ccccc1-c1cc([B]OC(C)(C)C(C)(C)O)cc(-c2ccccc2-c2cnc(-c3ccccc3)cc2C)c1. The highest BCUT2D eigenvalue weighted by molar-refractivity contribution is 6.47. The molecule has 0 aliphatic rings. The second-order valence-corrected chi connectivity index (χ2v) is 14.7. The molecule has 0 saturated heterocycles. The standard InChI is InChI=1S/C48H44BN2O2/c1-32-25-45(34-17-9-7-10-18-34)50-30-43(32)41-23-15-13-21-39(41)36-27-37(29-38(28-36)49-53-48(5,6)47(3,4)52)40-22-14-16-24-42(40)44-31-51-46(26-33(44)2)35-19-11-8-12-20-35/h7-31,52H,1-6H3. The first-order valence-electron chi connectivity index (χ1n) is 18.1. The molecule has 1 radical (unpaired) electrons. The third kappa shape index (κ3) is 7.64. The number of benzene rings is 5. The summed E-state index contributed by atoms with van der Waals surface area (Å²) in [6, 6.07) is 48.5. The Morgan fingerprint density at radius 1 is 0.472 bits per heavy atom. The zero-order valence-electron chi connectivity index (χ0n) is 31.3. The summed E-state index contributed by atoms with van der Waals surface area (Å²) in [6.45, 7) is 11.7. The van der Waals surface area contributed by atoms with E-state index in [4.69, 9.17) is 14.6 Å². The van der Waals surface area contributed by atoms with Crippen molar-refractivity contribution >= 4 is 12.9 Å². The van der Waals surface area contributed by atoms with Crippen LogP contribution in [-0.4, -0.2) is 33.8 Å². The Hall–Kier alpha value is -5.62. The summed E-state index contributed by atoms with van der Waals surface area (Å²) in [4.78, 5) is 9.81. The molecule has 0 saturated carbocycles. The molecule has 1 N–H and O–H groups in total. The first-order chi connectivity index (χ1) is 25.5. The highest BCUT2D eigenvalue weighted by Crippen LogP contribution is 2.39. The maximum absolute atomic E-state index is 10.9. The van der Waals surface area contributed by atoms with Crippen molar-refractivity contribution < 1.29 is 9.76 Å². The van der Waals surface area contributed by atoms with E-state index in [9.17, 15) is 5.11 Å². The Kier molecular flexibility index (Phi) is 9.98. The van der Waals surface area contributed by atoms with Crippen molar-refractivity contribution in [2.45, 2.75) is 52.7 Å². The van der Waals surface area contributed by atoms with Gasteiger partial charge in [-0.25, -0.2) is 0 Å². The fraction of sp³-hybridized carbons (Fsp3) is 0.167. The molecule has 0 atom stereocenters. The summed E-state index contributed by atoms with van der Waals surface area (Å²) in [5, 5.41) is 10.9. The van der Waals surface area contributed by atoms with Crippen LogP contribution in [0, 0.1) is 13.8 Å². The molecule has 4 nitrogen and oxygen atoms in total. The lowest BCUT2D eigenvalue weighted by Crippen LogP contribution is -2.49. The second kappa shape index (κ2) is 14.8. The Morgan fingerprint density at radius 2 is 0.868 bits per heavy atom. The number of nitrogens with zero attached hydrogens (tertiary/aromatic N) is 2. The molecule has 7 aromatic rings. The monoisotopic (exact) mass is 691 g/mol. The van der Waals surface area contributed by atoms with Gasteiger partial charge in [-0.15, -0.1) is 0 Å². The van der Waals surface area contributed by atoms with Crippen LogP contribution in [0.15, 0.2) is 152 Å². The van der Waals surface area contributed by atoms with Crippen LogP contribution in [0.3, 0.4) is 0 Å². The van der Waals surface area contributed by atoms with Crippen molar-refractivity contribution in [3.8, 4) is 67.0 Å². The highest BCUT2D eigenvalue weighted by Gasteiger charge is 2.35. The van der Waals surface area contributed by atoms with Gasteiger partial charge in [0.2, 0.25) is 0 Å². The summed E-state index contributed by atoms with van der Waals surface area (Å²) in [5.41, 5.74) is 14.0. The first kappa shape index (κ1) is 35.8. The minimum absolute atomic E-state index is 0.828. The van der Waals surface area contributed by atoms with Gasteiger partial charge in [0.1, 0.15) is 0 Å². The van der Waals surface area contributed by atoms with E-state index in [1.165, 1.54) is 0 Å². The van der Waals surface area contributed by atoms with Gasteiger partial charge in [0.25, 0.3) is 0 Å². The molecule has 0 spiro atoms. The minimum atomic E-state index is -1.06. The van der Waals surface area contributed by atoms with Gasteiger partial charge in [-0.3, -0.25) is 9.97 Å². The molecule has 0 unspecified atom stereocenters. The van der Waals surface area contributed by atoms with E-state index >= 15 is 0 Å². The number of aryl methyl sites for hydroxylation is 2.